The van der Waals surface area contributed by atoms with Gasteiger partial charge in [-0.05, 0) is 42.7 Å². The standard InChI is InChI=1S/C14H13BClNO3/c1-9-5-6-12(8-13(9)15(19)20)17-14(18)10-3-2-4-11(16)7-10/h2-8,19-20H,1H3,(H,17,18). The Balaban J connectivity index is 2.22. The minimum Gasteiger partial charge on any atom is -0.423 e. The van der Waals surface area contributed by atoms with Crippen LogP contribution in [0.4, 0.5) is 5.69 Å². The van der Waals surface area contributed by atoms with Crippen LogP contribution in [0.2, 0.25) is 5.02 Å². The molecule has 6 heteroatoms. The van der Waals surface area contributed by atoms with Gasteiger partial charge >= 0.3 is 7.12 Å². The molecule has 4 nitrogen and oxygen atoms in total. The monoisotopic (exact) mass is 289 g/mol. The first-order chi connectivity index (χ1) is 9.47. The van der Waals surface area contributed by atoms with E-state index in [1.807, 2.05) is 0 Å². The van der Waals surface area contributed by atoms with Crippen LogP contribution in [0, 0.1) is 6.92 Å². The lowest BCUT2D eigenvalue weighted by Gasteiger charge is -2.10. The third kappa shape index (κ3) is 3.39. The lowest BCUT2D eigenvalue weighted by Crippen LogP contribution is -2.32. The summed E-state index contributed by atoms with van der Waals surface area (Å²) in [6.45, 7) is 1.76. The summed E-state index contributed by atoms with van der Waals surface area (Å²) in [5.74, 6) is -0.310. The van der Waals surface area contributed by atoms with Crippen molar-refractivity contribution in [3.8, 4) is 0 Å². The zero-order valence-electron chi connectivity index (χ0n) is 10.8. The lowest BCUT2D eigenvalue weighted by atomic mass is 9.77. The molecule has 2 aromatic rings. The first-order valence-electron chi connectivity index (χ1n) is 6.01. The van der Waals surface area contributed by atoms with Gasteiger partial charge in [0.2, 0.25) is 0 Å². The molecule has 0 atom stereocenters. The number of hydrogen-bond acceptors (Lipinski definition) is 3. The molecule has 0 spiro atoms. The van der Waals surface area contributed by atoms with Crippen LogP contribution in [0.15, 0.2) is 42.5 Å². The second-order valence-corrected chi connectivity index (χ2v) is 4.85. The van der Waals surface area contributed by atoms with Crippen molar-refractivity contribution in [3.63, 3.8) is 0 Å². The Hall–Kier alpha value is -1.82. The van der Waals surface area contributed by atoms with Gasteiger partial charge in [-0.15, -0.1) is 0 Å². The molecule has 102 valence electrons. The Kier molecular flexibility index (Phi) is 4.44. The van der Waals surface area contributed by atoms with Crippen molar-refractivity contribution in [2.75, 3.05) is 5.32 Å². The van der Waals surface area contributed by atoms with Gasteiger partial charge in [-0.2, -0.15) is 0 Å². The summed E-state index contributed by atoms with van der Waals surface area (Å²) in [6.07, 6.45) is 0. The molecule has 0 aliphatic heterocycles. The van der Waals surface area contributed by atoms with E-state index < -0.39 is 7.12 Å². The molecule has 0 bridgehead atoms. The second-order valence-electron chi connectivity index (χ2n) is 4.41. The third-order valence-corrected chi connectivity index (χ3v) is 3.14. The van der Waals surface area contributed by atoms with E-state index in [4.69, 9.17) is 11.6 Å². The van der Waals surface area contributed by atoms with Crippen molar-refractivity contribution >= 4 is 35.8 Å². The molecule has 20 heavy (non-hydrogen) atoms. The number of amides is 1. The van der Waals surface area contributed by atoms with Gasteiger partial charge in [0.05, 0.1) is 0 Å². The van der Waals surface area contributed by atoms with Crippen molar-refractivity contribution in [1.29, 1.82) is 0 Å². The van der Waals surface area contributed by atoms with E-state index in [2.05, 4.69) is 5.32 Å². The number of carbonyl (C=O) groups excluding carboxylic acids is 1. The van der Waals surface area contributed by atoms with E-state index in [0.29, 0.717) is 21.7 Å². The van der Waals surface area contributed by atoms with Gasteiger partial charge in [0, 0.05) is 16.3 Å². The van der Waals surface area contributed by atoms with Gasteiger partial charge in [-0.25, -0.2) is 0 Å². The fourth-order valence-electron chi connectivity index (χ4n) is 1.83. The summed E-state index contributed by atoms with van der Waals surface area (Å²) in [5, 5.41) is 21.7. The highest BCUT2D eigenvalue weighted by Gasteiger charge is 2.15. The maximum atomic E-state index is 12.0. The molecule has 0 saturated heterocycles. The van der Waals surface area contributed by atoms with E-state index in [-0.39, 0.29) is 5.91 Å². The van der Waals surface area contributed by atoms with Crippen LogP contribution in [0.25, 0.3) is 0 Å². The Morgan fingerprint density at radius 3 is 2.60 bits per heavy atom. The zero-order valence-corrected chi connectivity index (χ0v) is 11.6. The number of rotatable bonds is 3. The van der Waals surface area contributed by atoms with Crippen molar-refractivity contribution < 1.29 is 14.8 Å². The fourth-order valence-corrected chi connectivity index (χ4v) is 2.02. The highest BCUT2D eigenvalue weighted by Crippen LogP contribution is 2.13. The second kappa shape index (κ2) is 6.09. The molecule has 0 aliphatic rings. The average molecular weight is 290 g/mol. The molecule has 3 N–H and O–H groups in total. The number of aryl methyl sites for hydroxylation is 1. The van der Waals surface area contributed by atoms with Crippen LogP contribution in [-0.2, 0) is 0 Å². The Morgan fingerprint density at radius 1 is 1.20 bits per heavy atom. The normalized spacial score (nSPS) is 10.2. The largest absolute Gasteiger partial charge is 0.488 e. The first-order valence-corrected chi connectivity index (χ1v) is 6.39. The van der Waals surface area contributed by atoms with Gasteiger partial charge < -0.3 is 15.4 Å². The quantitative estimate of drug-likeness (QED) is 0.751. The average Bonchev–Trinajstić information content (AvgIpc) is 2.40. The molecule has 0 radical (unpaired) electrons. The smallest absolute Gasteiger partial charge is 0.423 e. The number of nitrogens with one attached hydrogen (secondary N) is 1. The van der Waals surface area contributed by atoms with Crippen LogP contribution < -0.4 is 10.8 Å². The fraction of sp³-hybridized carbons (Fsp3) is 0.0714. The zero-order chi connectivity index (χ0) is 14.7. The first kappa shape index (κ1) is 14.6. The minimum atomic E-state index is -1.57. The molecule has 0 aromatic heterocycles. The van der Waals surface area contributed by atoms with E-state index in [0.717, 1.165) is 5.56 Å². The van der Waals surface area contributed by atoms with Crippen LogP contribution in [0.1, 0.15) is 15.9 Å². The van der Waals surface area contributed by atoms with Crippen LogP contribution in [0.5, 0.6) is 0 Å². The van der Waals surface area contributed by atoms with Crippen LogP contribution >= 0.6 is 11.6 Å². The summed E-state index contributed by atoms with van der Waals surface area (Å²) in [7, 11) is -1.57. The topological polar surface area (TPSA) is 69.6 Å². The summed E-state index contributed by atoms with van der Waals surface area (Å²) in [6, 6.07) is 11.5. The molecular weight excluding hydrogens is 276 g/mol. The third-order valence-electron chi connectivity index (χ3n) is 2.90. The Bertz CT molecular complexity index is 646. The van der Waals surface area contributed by atoms with E-state index in [1.54, 1.807) is 43.3 Å². The molecule has 0 heterocycles. The van der Waals surface area contributed by atoms with Gasteiger partial charge in [0.1, 0.15) is 0 Å². The van der Waals surface area contributed by atoms with Crippen LogP contribution in [0.3, 0.4) is 0 Å². The number of carbonyl (C=O) groups is 1. The van der Waals surface area contributed by atoms with Crippen molar-refractivity contribution in [2.45, 2.75) is 6.92 Å². The van der Waals surface area contributed by atoms with Gasteiger partial charge in [0.25, 0.3) is 5.91 Å². The number of hydrogen-bond donors (Lipinski definition) is 3. The van der Waals surface area contributed by atoms with Gasteiger partial charge in [0.15, 0.2) is 0 Å². The summed E-state index contributed by atoms with van der Waals surface area (Å²) >= 11 is 5.83. The summed E-state index contributed by atoms with van der Waals surface area (Å²) in [4.78, 5) is 12.0. The molecule has 2 rings (SSSR count). The maximum Gasteiger partial charge on any atom is 0.488 e. The van der Waals surface area contributed by atoms with Crippen molar-refractivity contribution in [3.05, 3.63) is 58.6 Å². The lowest BCUT2D eigenvalue weighted by molar-refractivity contribution is 0.102. The number of benzene rings is 2. The molecule has 0 saturated carbocycles. The van der Waals surface area contributed by atoms with Crippen molar-refractivity contribution in [1.82, 2.24) is 0 Å². The van der Waals surface area contributed by atoms with Gasteiger partial charge in [-0.1, -0.05) is 29.3 Å². The summed E-state index contributed by atoms with van der Waals surface area (Å²) in [5.41, 5.74) is 2.02. The number of anilines is 1. The SMILES string of the molecule is Cc1ccc(NC(=O)c2cccc(Cl)c2)cc1B(O)O. The molecule has 0 fully saturated rings. The molecular formula is C14H13BClNO3. The van der Waals surface area contributed by atoms with Crippen LogP contribution in [-0.4, -0.2) is 23.1 Å². The van der Waals surface area contributed by atoms with E-state index in [1.165, 1.54) is 6.07 Å². The highest BCUT2D eigenvalue weighted by atomic mass is 35.5. The molecule has 0 aliphatic carbocycles. The Labute approximate surface area is 122 Å². The van der Waals surface area contributed by atoms with Gasteiger partial charge in [-0.3, -0.25) is 4.79 Å². The Morgan fingerprint density at radius 2 is 1.95 bits per heavy atom. The van der Waals surface area contributed by atoms with Crippen molar-refractivity contribution in [2.24, 2.45) is 0 Å². The minimum absolute atomic E-state index is 0.310. The molecule has 2 aromatic carbocycles. The maximum absolute atomic E-state index is 12.0. The number of halogens is 1. The predicted octanol–water partition coefficient (Wildman–Crippen LogP) is 1.58. The predicted molar refractivity (Wildman–Crippen MR) is 80.4 cm³/mol. The summed E-state index contributed by atoms with van der Waals surface area (Å²) < 4.78 is 0. The molecule has 0 unspecified atom stereocenters. The highest BCUT2D eigenvalue weighted by molar-refractivity contribution is 6.59. The van der Waals surface area contributed by atoms with E-state index in [9.17, 15) is 14.8 Å². The van der Waals surface area contributed by atoms with E-state index >= 15 is 0 Å². The molecule has 1 amide bonds.